The van der Waals surface area contributed by atoms with E-state index in [1.165, 1.54) is 5.56 Å². The van der Waals surface area contributed by atoms with E-state index in [1.807, 2.05) is 20.8 Å². The predicted molar refractivity (Wildman–Crippen MR) is 87.3 cm³/mol. The first kappa shape index (κ1) is 15.4. The lowest BCUT2D eigenvalue weighted by molar-refractivity contribution is 0.441. The van der Waals surface area contributed by atoms with Gasteiger partial charge in [0, 0.05) is 11.5 Å². The molecule has 0 amide bonds. The van der Waals surface area contributed by atoms with E-state index >= 15 is 0 Å². The van der Waals surface area contributed by atoms with Crippen LogP contribution in [0.25, 0.3) is 0 Å². The largest absolute Gasteiger partial charge is 0.507 e. The molecular weight excluding hydrogens is 260 g/mol. The van der Waals surface area contributed by atoms with Crippen LogP contribution in [0.2, 0.25) is 0 Å². The molecule has 2 aromatic rings. The van der Waals surface area contributed by atoms with Gasteiger partial charge in [-0.1, -0.05) is 38.1 Å². The molecule has 0 aromatic heterocycles. The van der Waals surface area contributed by atoms with Crippen molar-refractivity contribution in [2.45, 2.75) is 47.0 Å². The Hall–Kier alpha value is -1.96. The lowest BCUT2D eigenvalue weighted by Crippen LogP contribution is -2.03. The minimum atomic E-state index is 0.0427. The van der Waals surface area contributed by atoms with Crippen molar-refractivity contribution >= 4 is 0 Å². The monoisotopic (exact) mass is 284 g/mol. The first-order valence-corrected chi connectivity index (χ1v) is 7.48. The van der Waals surface area contributed by atoms with Gasteiger partial charge < -0.3 is 10.2 Å². The molecule has 2 N–H and O–H groups in total. The van der Waals surface area contributed by atoms with Crippen LogP contribution in [-0.2, 0) is 6.42 Å². The van der Waals surface area contributed by atoms with Crippen molar-refractivity contribution in [2.75, 3.05) is 0 Å². The third-order valence-corrected chi connectivity index (χ3v) is 4.61. The summed E-state index contributed by atoms with van der Waals surface area (Å²) in [7, 11) is 0. The van der Waals surface area contributed by atoms with Crippen LogP contribution >= 0.6 is 0 Å². The molecule has 0 aliphatic heterocycles. The van der Waals surface area contributed by atoms with Gasteiger partial charge in [-0.25, -0.2) is 0 Å². The van der Waals surface area contributed by atoms with Crippen molar-refractivity contribution in [2.24, 2.45) is 0 Å². The maximum atomic E-state index is 10.5. The van der Waals surface area contributed by atoms with E-state index in [4.69, 9.17) is 0 Å². The smallest absolute Gasteiger partial charge is 0.123 e. The van der Waals surface area contributed by atoms with Crippen LogP contribution in [-0.4, -0.2) is 10.2 Å². The molecule has 0 saturated heterocycles. The first-order valence-electron chi connectivity index (χ1n) is 7.48. The van der Waals surface area contributed by atoms with Crippen molar-refractivity contribution in [3.8, 4) is 11.5 Å². The van der Waals surface area contributed by atoms with E-state index in [9.17, 15) is 10.2 Å². The van der Waals surface area contributed by atoms with Crippen LogP contribution in [0, 0.1) is 20.8 Å². The minimum Gasteiger partial charge on any atom is -0.507 e. The van der Waals surface area contributed by atoms with Gasteiger partial charge in [0.1, 0.15) is 11.5 Å². The molecule has 2 rings (SSSR count). The van der Waals surface area contributed by atoms with E-state index in [0.29, 0.717) is 5.75 Å². The number of hydrogen-bond acceptors (Lipinski definition) is 2. The summed E-state index contributed by atoms with van der Waals surface area (Å²) < 4.78 is 0. The molecule has 0 fully saturated rings. The highest BCUT2D eigenvalue weighted by atomic mass is 16.3. The molecule has 2 nitrogen and oxygen atoms in total. The standard InChI is InChI=1S/C19H24O2/c1-6-15-7-9-16(10-8-15)13(4)17-14(5)18(20)11(2)12(3)19(17)21/h7-10,13,20-21H,6H2,1-5H3. The number of aromatic hydroxyl groups is 2. The van der Waals surface area contributed by atoms with Gasteiger partial charge in [-0.05, 0) is 55.0 Å². The highest BCUT2D eigenvalue weighted by Crippen LogP contribution is 2.42. The van der Waals surface area contributed by atoms with E-state index in [0.717, 1.165) is 34.2 Å². The Morgan fingerprint density at radius 2 is 1.38 bits per heavy atom. The van der Waals surface area contributed by atoms with Gasteiger partial charge in [-0.2, -0.15) is 0 Å². The summed E-state index contributed by atoms with van der Waals surface area (Å²) >= 11 is 0. The summed E-state index contributed by atoms with van der Waals surface area (Å²) in [5, 5.41) is 20.8. The van der Waals surface area contributed by atoms with Crippen LogP contribution in [0.1, 0.15) is 53.1 Å². The zero-order valence-corrected chi connectivity index (χ0v) is 13.5. The number of benzene rings is 2. The molecule has 0 aliphatic carbocycles. The lowest BCUT2D eigenvalue weighted by atomic mass is 9.85. The highest BCUT2D eigenvalue weighted by Gasteiger charge is 2.21. The van der Waals surface area contributed by atoms with Gasteiger partial charge in [0.15, 0.2) is 0 Å². The number of phenols is 2. The SMILES string of the molecule is CCc1ccc(C(C)c2c(C)c(O)c(C)c(C)c2O)cc1. The molecule has 2 heteroatoms. The number of rotatable bonds is 3. The van der Waals surface area contributed by atoms with Crippen molar-refractivity contribution < 1.29 is 10.2 Å². The topological polar surface area (TPSA) is 40.5 Å². The molecule has 1 unspecified atom stereocenters. The maximum Gasteiger partial charge on any atom is 0.123 e. The van der Waals surface area contributed by atoms with E-state index in [2.05, 4.69) is 38.1 Å². The molecule has 1 atom stereocenters. The van der Waals surface area contributed by atoms with Crippen molar-refractivity contribution in [1.29, 1.82) is 0 Å². The molecule has 112 valence electrons. The van der Waals surface area contributed by atoms with Gasteiger partial charge in [-0.3, -0.25) is 0 Å². The number of hydrogen-bond donors (Lipinski definition) is 2. The average Bonchev–Trinajstić information content (AvgIpc) is 2.51. The van der Waals surface area contributed by atoms with Gasteiger partial charge in [0.25, 0.3) is 0 Å². The summed E-state index contributed by atoms with van der Waals surface area (Å²) in [4.78, 5) is 0. The molecular formula is C19H24O2. The Kier molecular flexibility index (Phi) is 4.26. The molecule has 0 aliphatic rings. The molecule has 0 bridgehead atoms. The Bertz CT molecular complexity index is 625. The van der Waals surface area contributed by atoms with Crippen LogP contribution in [0.5, 0.6) is 11.5 Å². The third-order valence-electron chi connectivity index (χ3n) is 4.61. The Balaban J connectivity index is 2.55. The third kappa shape index (κ3) is 2.63. The molecule has 2 aromatic carbocycles. The Morgan fingerprint density at radius 1 is 0.857 bits per heavy atom. The quantitative estimate of drug-likeness (QED) is 0.799. The fourth-order valence-corrected chi connectivity index (χ4v) is 2.88. The molecule has 21 heavy (non-hydrogen) atoms. The van der Waals surface area contributed by atoms with Crippen LogP contribution in [0.15, 0.2) is 24.3 Å². The minimum absolute atomic E-state index is 0.0427. The van der Waals surface area contributed by atoms with Gasteiger partial charge in [-0.15, -0.1) is 0 Å². The van der Waals surface area contributed by atoms with E-state index in [-0.39, 0.29) is 11.7 Å². The summed E-state index contributed by atoms with van der Waals surface area (Å²) in [5.41, 5.74) is 5.54. The summed E-state index contributed by atoms with van der Waals surface area (Å²) in [6.45, 7) is 9.75. The van der Waals surface area contributed by atoms with Gasteiger partial charge in [0.2, 0.25) is 0 Å². The zero-order chi connectivity index (χ0) is 15.7. The van der Waals surface area contributed by atoms with Gasteiger partial charge in [0.05, 0.1) is 0 Å². The zero-order valence-electron chi connectivity index (χ0n) is 13.5. The lowest BCUT2D eigenvalue weighted by Gasteiger charge is -2.21. The Labute approximate surface area is 127 Å². The second kappa shape index (κ2) is 5.80. The van der Waals surface area contributed by atoms with E-state index < -0.39 is 0 Å². The summed E-state index contributed by atoms with van der Waals surface area (Å²) in [5.74, 6) is 0.633. The molecule has 0 saturated carbocycles. The predicted octanol–water partition coefficient (Wildman–Crippen LogP) is 4.74. The fraction of sp³-hybridized carbons (Fsp3) is 0.368. The van der Waals surface area contributed by atoms with E-state index in [1.54, 1.807) is 0 Å². The summed E-state index contributed by atoms with van der Waals surface area (Å²) in [6.07, 6.45) is 1.02. The second-order valence-corrected chi connectivity index (χ2v) is 5.80. The maximum absolute atomic E-state index is 10.5. The first-order chi connectivity index (χ1) is 9.88. The van der Waals surface area contributed by atoms with Gasteiger partial charge >= 0.3 is 0 Å². The average molecular weight is 284 g/mol. The van der Waals surface area contributed by atoms with Crippen molar-refractivity contribution in [3.05, 3.63) is 57.6 Å². The molecule has 0 spiro atoms. The number of phenolic OH excluding ortho intramolecular Hbond substituents is 2. The van der Waals surface area contributed by atoms with Crippen molar-refractivity contribution in [1.82, 2.24) is 0 Å². The van der Waals surface area contributed by atoms with Crippen molar-refractivity contribution in [3.63, 3.8) is 0 Å². The summed E-state index contributed by atoms with van der Waals surface area (Å²) in [6, 6.07) is 8.46. The Morgan fingerprint density at radius 3 is 1.90 bits per heavy atom. The molecule has 0 radical (unpaired) electrons. The van der Waals surface area contributed by atoms with Crippen LogP contribution in [0.3, 0.4) is 0 Å². The fourth-order valence-electron chi connectivity index (χ4n) is 2.88. The highest BCUT2D eigenvalue weighted by molar-refractivity contribution is 5.59. The number of aryl methyl sites for hydroxylation is 1. The second-order valence-electron chi connectivity index (χ2n) is 5.80. The van der Waals surface area contributed by atoms with Crippen LogP contribution < -0.4 is 0 Å². The normalized spacial score (nSPS) is 12.4. The molecule has 0 heterocycles. The van der Waals surface area contributed by atoms with Crippen LogP contribution in [0.4, 0.5) is 0 Å².